The maximum absolute atomic E-state index is 12.8. The molecule has 1 aliphatic carbocycles. The van der Waals surface area contributed by atoms with E-state index in [9.17, 15) is 13.6 Å². The summed E-state index contributed by atoms with van der Waals surface area (Å²) in [5.74, 6) is 1.42. The number of halogens is 2. The number of aliphatic imine (C=N–C) groups is 1. The summed E-state index contributed by atoms with van der Waals surface area (Å²) in [6.07, 6.45) is 4.48. The number of alkyl halides is 2. The van der Waals surface area contributed by atoms with Crippen LogP contribution in [0.5, 0.6) is 11.5 Å². The summed E-state index contributed by atoms with van der Waals surface area (Å²) in [7, 11) is 4.87. The standard InChI is InChI=1S/C21H32F2N4O3/c1-14-7-5-6-8-17(14)26-21(25-13-19(28)27(2)3)24-12-15-11-16(29-4)9-10-18(15)30-20(22)23/h9-11,14,17,20H,5-8,12-13H2,1-4H3,(H2,24,25,26). The van der Waals surface area contributed by atoms with Crippen molar-refractivity contribution in [2.24, 2.45) is 10.9 Å². The topological polar surface area (TPSA) is 75.2 Å². The van der Waals surface area contributed by atoms with Crippen LogP contribution in [0.15, 0.2) is 23.2 Å². The molecule has 0 heterocycles. The van der Waals surface area contributed by atoms with Crippen molar-refractivity contribution in [1.29, 1.82) is 0 Å². The molecule has 2 unspecified atom stereocenters. The Bertz CT molecular complexity index is 728. The molecule has 0 aromatic heterocycles. The Morgan fingerprint density at radius 1 is 1.30 bits per heavy atom. The van der Waals surface area contributed by atoms with E-state index < -0.39 is 6.61 Å². The number of nitrogens with one attached hydrogen (secondary N) is 2. The Morgan fingerprint density at radius 3 is 2.67 bits per heavy atom. The molecule has 1 aliphatic rings. The molecule has 1 aromatic rings. The van der Waals surface area contributed by atoms with Gasteiger partial charge >= 0.3 is 6.61 Å². The van der Waals surface area contributed by atoms with Crippen molar-refractivity contribution in [2.45, 2.75) is 51.8 Å². The lowest BCUT2D eigenvalue weighted by Gasteiger charge is -2.31. The predicted molar refractivity (Wildman–Crippen MR) is 112 cm³/mol. The summed E-state index contributed by atoms with van der Waals surface area (Å²) in [5, 5.41) is 6.46. The van der Waals surface area contributed by atoms with E-state index in [2.05, 4.69) is 27.3 Å². The average molecular weight is 427 g/mol. The molecular weight excluding hydrogens is 394 g/mol. The first-order valence-electron chi connectivity index (χ1n) is 10.2. The first-order valence-corrected chi connectivity index (χ1v) is 10.2. The number of benzene rings is 1. The van der Waals surface area contributed by atoms with Gasteiger partial charge in [-0.15, -0.1) is 0 Å². The van der Waals surface area contributed by atoms with Gasteiger partial charge in [-0.25, -0.2) is 4.99 Å². The molecule has 168 valence electrons. The molecule has 1 amide bonds. The first-order chi connectivity index (χ1) is 14.3. The maximum atomic E-state index is 12.8. The fraction of sp³-hybridized carbons (Fsp3) is 0.619. The lowest BCUT2D eigenvalue weighted by atomic mass is 9.86. The molecule has 0 bridgehead atoms. The summed E-state index contributed by atoms with van der Waals surface area (Å²) in [4.78, 5) is 18.0. The SMILES string of the molecule is COc1ccc(OC(F)F)c(CN=C(NCC(=O)N(C)C)NC2CCCCC2C)c1. The van der Waals surface area contributed by atoms with Crippen molar-refractivity contribution in [2.75, 3.05) is 27.7 Å². The largest absolute Gasteiger partial charge is 0.497 e. The van der Waals surface area contributed by atoms with E-state index in [0.29, 0.717) is 23.2 Å². The third-order valence-electron chi connectivity index (χ3n) is 5.23. The van der Waals surface area contributed by atoms with Gasteiger partial charge in [-0.3, -0.25) is 4.79 Å². The number of likely N-dealkylation sites (N-methyl/N-ethyl adjacent to an activating group) is 1. The maximum Gasteiger partial charge on any atom is 0.387 e. The second-order valence-electron chi connectivity index (χ2n) is 7.67. The van der Waals surface area contributed by atoms with Crippen LogP contribution in [0, 0.1) is 5.92 Å². The van der Waals surface area contributed by atoms with Gasteiger partial charge in [0.25, 0.3) is 0 Å². The number of hydrogen-bond acceptors (Lipinski definition) is 4. The summed E-state index contributed by atoms with van der Waals surface area (Å²) >= 11 is 0. The van der Waals surface area contributed by atoms with Gasteiger partial charge in [0.2, 0.25) is 5.91 Å². The number of guanidine groups is 1. The van der Waals surface area contributed by atoms with Crippen LogP contribution in [0.25, 0.3) is 0 Å². The van der Waals surface area contributed by atoms with Crippen molar-refractivity contribution in [1.82, 2.24) is 15.5 Å². The molecule has 1 saturated carbocycles. The summed E-state index contributed by atoms with van der Waals surface area (Å²) in [5.41, 5.74) is 0.464. The zero-order chi connectivity index (χ0) is 22.1. The Labute approximate surface area is 176 Å². The molecule has 0 saturated heterocycles. The van der Waals surface area contributed by atoms with Crippen LogP contribution in [-0.4, -0.2) is 57.2 Å². The molecule has 0 radical (unpaired) electrons. The summed E-state index contributed by atoms with van der Waals surface area (Å²) < 4.78 is 35.3. The predicted octanol–water partition coefficient (Wildman–Crippen LogP) is 3.00. The van der Waals surface area contributed by atoms with Crippen LogP contribution in [-0.2, 0) is 11.3 Å². The molecule has 2 rings (SSSR count). The van der Waals surface area contributed by atoms with Gasteiger partial charge in [0.1, 0.15) is 11.5 Å². The monoisotopic (exact) mass is 426 g/mol. The molecular formula is C21H32F2N4O3. The number of methoxy groups -OCH3 is 1. The Morgan fingerprint density at radius 2 is 2.03 bits per heavy atom. The number of ether oxygens (including phenoxy) is 2. The number of carbonyl (C=O) groups excluding carboxylic acids is 1. The minimum atomic E-state index is -2.93. The van der Waals surface area contributed by atoms with Gasteiger partial charge in [-0.2, -0.15) is 8.78 Å². The smallest absolute Gasteiger partial charge is 0.387 e. The zero-order valence-corrected chi connectivity index (χ0v) is 18.1. The van der Waals surface area contributed by atoms with Crippen LogP contribution in [0.3, 0.4) is 0 Å². The normalized spacial score (nSPS) is 19.4. The molecule has 0 aliphatic heterocycles. The molecule has 7 nitrogen and oxygen atoms in total. The lowest BCUT2D eigenvalue weighted by molar-refractivity contribution is -0.127. The van der Waals surface area contributed by atoms with Gasteiger partial charge in [-0.1, -0.05) is 19.8 Å². The van der Waals surface area contributed by atoms with E-state index in [4.69, 9.17) is 4.74 Å². The van der Waals surface area contributed by atoms with Crippen molar-refractivity contribution >= 4 is 11.9 Å². The zero-order valence-electron chi connectivity index (χ0n) is 18.1. The molecule has 30 heavy (non-hydrogen) atoms. The van der Waals surface area contributed by atoms with Crippen molar-refractivity contribution in [3.8, 4) is 11.5 Å². The van der Waals surface area contributed by atoms with Crippen LogP contribution in [0.4, 0.5) is 8.78 Å². The summed E-state index contributed by atoms with van der Waals surface area (Å²) in [6, 6.07) is 4.85. The van der Waals surface area contributed by atoms with Crippen molar-refractivity contribution in [3.05, 3.63) is 23.8 Å². The molecule has 9 heteroatoms. The highest BCUT2D eigenvalue weighted by atomic mass is 19.3. The Balaban J connectivity index is 2.20. The van der Waals surface area contributed by atoms with E-state index in [1.807, 2.05) is 0 Å². The van der Waals surface area contributed by atoms with Gasteiger partial charge in [0.05, 0.1) is 20.2 Å². The number of amides is 1. The van der Waals surface area contributed by atoms with Gasteiger partial charge < -0.3 is 25.0 Å². The van der Waals surface area contributed by atoms with Crippen LogP contribution >= 0.6 is 0 Å². The highest BCUT2D eigenvalue weighted by molar-refractivity contribution is 5.86. The number of nitrogens with zero attached hydrogens (tertiary/aromatic N) is 2. The number of hydrogen-bond donors (Lipinski definition) is 2. The molecule has 2 N–H and O–H groups in total. The third-order valence-corrected chi connectivity index (χ3v) is 5.23. The summed E-state index contributed by atoms with van der Waals surface area (Å²) in [6.45, 7) is -0.571. The van der Waals surface area contributed by atoms with E-state index in [-0.39, 0.29) is 30.8 Å². The fourth-order valence-electron chi connectivity index (χ4n) is 3.36. The average Bonchev–Trinajstić information content (AvgIpc) is 2.71. The number of rotatable bonds is 8. The van der Waals surface area contributed by atoms with Crippen molar-refractivity contribution < 1.29 is 23.0 Å². The van der Waals surface area contributed by atoms with Crippen LogP contribution < -0.4 is 20.1 Å². The minimum absolute atomic E-state index is 0.0457. The second-order valence-corrected chi connectivity index (χ2v) is 7.67. The van der Waals surface area contributed by atoms with Crippen LogP contribution in [0.2, 0.25) is 0 Å². The Kier molecular flexibility index (Phi) is 9.14. The van der Waals surface area contributed by atoms with Gasteiger partial charge in [0.15, 0.2) is 5.96 Å². The fourth-order valence-corrected chi connectivity index (χ4v) is 3.36. The molecule has 1 aromatic carbocycles. The quantitative estimate of drug-likeness (QED) is 0.494. The minimum Gasteiger partial charge on any atom is -0.497 e. The van der Waals surface area contributed by atoms with Crippen LogP contribution in [0.1, 0.15) is 38.2 Å². The van der Waals surface area contributed by atoms with E-state index in [1.165, 1.54) is 24.5 Å². The first kappa shape index (κ1) is 23.7. The molecule has 2 atom stereocenters. The Hall–Kier alpha value is -2.58. The van der Waals surface area contributed by atoms with Crippen molar-refractivity contribution in [3.63, 3.8) is 0 Å². The second kappa shape index (κ2) is 11.6. The van der Waals surface area contributed by atoms with E-state index in [1.54, 1.807) is 26.2 Å². The molecule has 0 spiro atoms. The van der Waals surface area contributed by atoms with E-state index >= 15 is 0 Å². The van der Waals surface area contributed by atoms with Gasteiger partial charge in [0, 0.05) is 25.7 Å². The molecule has 1 fully saturated rings. The van der Waals surface area contributed by atoms with Gasteiger partial charge in [-0.05, 0) is 37.0 Å². The third kappa shape index (κ3) is 7.35. The lowest BCUT2D eigenvalue weighted by Crippen LogP contribution is -2.49. The highest BCUT2D eigenvalue weighted by Crippen LogP contribution is 2.27. The van der Waals surface area contributed by atoms with E-state index in [0.717, 1.165) is 19.3 Å². The highest BCUT2D eigenvalue weighted by Gasteiger charge is 2.22. The number of carbonyl (C=O) groups is 1.